The molecule has 0 aliphatic carbocycles. The number of sulfonamides is 1. The minimum absolute atomic E-state index is 0.143. The van der Waals surface area contributed by atoms with Gasteiger partial charge in [0, 0.05) is 30.6 Å². The molecule has 0 aliphatic heterocycles. The van der Waals surface area contributed by atoms with E-state index in [9.17, 15) is 22.8 Å². The molecule has 2 amide bonds. The Hall–Kier alpha value is -4.58. The van der Waals surface area contributed by atoms with Gasteiger partial charge in [0.05, 0.1) is 21.5 Å². The molecule has 2 heterocycles. The van der Waals surface area contributed by atoms with Crippen molar-refractivity contribution in [3.8, 4) is 11.4 Å². The molecule has 0 bridgehead atoms. The van der Waals surface area contributed by atoms with Gasteiger partial charge in [-0.2, -0.15) is 0 Å². The third-order valence-corrected chi connectivity index (χ3v) is 6.46. The number of nitrogens with zero attached hydrogens (tertiary/aromatic N) is 2. The quantitative estimate of drug-likeness (QED) is 0.322. The SMILES string of the molecule is CC(=O)NS(=O)(=O)c1ccc(NC(=O)C(C)OC(=O)c2ccc3nc(-c4cccnc4)[nH]c3c2)cc1. The minimum Gasteiger partial charge on any atom is -0.449 e. The molecule has 4 rings (SSSR count). The number of ether oxygens (including phenoxy) is 1. The summed E-state index contributed by atoms with van der Waals surface area (Å²) in [6.45, 7) is 2.50. The van der Waals surface area contributed by atoms with E-state index in [1.807, 2.05) is 10.8 Å². The van der Waals surface area contributed by atoms with Crippen molar-refractivity contribution in [3.63, 3.8) is 0 Å². The first kappa shape index (κ1) is 24.5. The third-order valence-electron chi connectivity index (χ3n) is 5.02. The zero-order valence-electron chi connectivity index (χ0n) is 19.2. The summed E-state index contributed by atoms with van der Waals surface area (Å²) in [5, 5.41) is 2.55. The second-order valence-electron chi connectivity index (χ2n) is 7.78. The fourth-order valence-electron chi connectivity index (χ4n) is 3.27. The van der Waals surface area contributed by atoms with Crippen molar-refractivity contribution >= 4 is 44.5 Å². The number of fused-ring (bicyclic) bond motifs is 1. The zero-order valence-corrected chi connectivity index (χ0v) is 20.0. The van der Waals surface area contributed by atoms with E-state index in [-0.39, 0.29) is 16.1 Å². The van der Waals surface area contributed by atoms with Gasteiger partial charge in [0.2, 0.25) is 5.91 Å². The van der Waals surface area contributed by atoms with Gasteiger partial charge in [-0.3, -0.25) is 14.6 Å². The number of carbonyl (C=O) groups is 3. The van der Waals surface area contributed by atoms with E-state index >= 15 is 0 Å². The highest BCUT2D eigenvalue weighted by Gasteiger charge is 2.21. The molecule has 1 unspecified atom stereocenters. The topological polar surface area (TPSA) is 160 Å². The maximum atomic E-state index is 12.6. The van der Waals surface area contributed by atoms with Crippen molar-refractivity contribution in [2.45, 2.75) is 24.8 Å². The predicted molar refractivity (Wildman–Crippen MR) is 130 cm³/mol. The minimum atomic E-state index is -3.99. The smallest absolute Gasteiger partial charge is 0.338 e. The molecule has 12 heteroatoms. The van der Waals surface area contributed by atoms with Gasteiger partial charge < -0.3 is 15.0 Å². The number of hydrogen-bond donors (Lipinski definition) is 3. The lowest BCUT2D eigenvalue weighted by Crippen LogP contribution is -2.30. The zero-order chi connectivity index (χ0) is 25.9. The number of benzene rings is 2. The first-order chi connectivity index (χ1) is 17.1. The molecule has 0 radical (unpaired) electrons. The normalized spacial score (nSPS) is 12.1. The second-order valence-corrected chi connectivity index (χ2v) is 9.46. The van der Waals surface area contributed by atoms with Crippen molar-refractivity contribution in [2.24, 2.45) is 0 Å². The van der Waals surface area contributed by atoms with E-state index in [0.29, 0.717) is 16.9 Å². The van der Waals surface area contributed by atoms with E-state index in [2.05, 4.69) is 20.3 Å². The fraction of sp³-hybridized carbons (Fsp3) is 0.125. The molecule has 0 saturated carbocycles. The van der Waals surface area contributed by atoms with Gasteiger partial charge in [0.15, 0.2) is 6.10 Å². The molecule has 2 aromatic heterocycles. The van der Waals surface area contributed by atoms with Crippen LogP contribution in [0.1, 0.15) is 24.2 Å². The van der Waals surface area contributed by atoms with Crippen LogP contribution in [0.25, 0.3) is 22.4 Å². The van der Waals surface area contributed by atoms with Gasteiger partial charge in [-0.1, -0.05) is 0 Å². The van der Waals surface area contributed by atoms with Gasteiger partial charge in [0.1, 0.15) is 5.82 Å². The summed E-state index contributed by atoms with van der Waals surface area (Å²) in [5.41, 5.74) is 2.58. The average Bonchev–Trinajstić information content (AvgIpc) is 3.27. The van der Waals surface area contributed by atoms with Crippen LogP contribution in [-0.4, -0.2) is 47.3 Å². The van der Waals surface area contributed by atoms with E-state index < -0.39 is 33.9 Å². The molecule has 0 aliphatic rings. The Morgan fingerprint density at radius 2 is 1.81 bits per heavy atom. The molecule has 2 aromatic carbocycles. The lowest BCUT2D eigenvalue weighted by atomic mass is 10.2. The van der Waals surface area contributed by atoms with Crippen molar-refractivity contribution in [2.75, 3.05) is 5.32 Å². The van der Waals surface area contributed by atoms with Crippen molar-refractivity contribution in [1.29, 1.82) is 0 Å². The Balaban J connectivity index is 1.40. The highest BCUT2D eigenvalue weighted by molar-refractivity contribution is 7.90. The summed E-state index contributed by atoms with van der Waals surface area (Å²) in [5.74, 6) is -1.42. The summed E-state index contributed by atoms with van der Waals surface area (Å²) in [7, 11) is -3.99. The highest BCUT2D eigenvalue weighted by Crippen LogP contribution is 2.21. The molecular formula is C24H21N5O6S. The Kier molecular flexibility index (Phi) is 6.79. The molecule has 0 fully saturated rings. The van der Waals surface area contributed by atoms with E-state index in [0.717, 1.165) is 12.5 Å². The van der Waals surface area contributed by atoms with Crippen LogP contribution in [0.3, 0.4) is 0 Å². The Labute approximate surface area is 206 Å². The highest BCUT2D eigenvalue weighted by atomic mass is 32.2. The van der Waals surface area contributed by atoms with Crippen LogP contribution in [-0.2, 0) is 24.3 Å². The number of aromatic amines is 1. The maximum Gasteiger partial charge on any atom is 0.338 e. The standard InChI is InChI=1S/C24H21N5O6S/c1-14(23(31)26-18-6-8-19(9-7-18)36(33,34)29-15(2)30)35-24(32)16-5-10-20-21(12-16)28-22(27-20)17-4-3-11-25-13-17/h3-14H,1-2H3,(H,26,31)(H,27,28)(H,29,30). The number of rotatable bonds is 7. The molecule has 4 aromatic rings. The lowest BCUT2D eigenvalue weighted by molar-refractivity contribution is -0.123. The van der Waals surface area contributed by atoms with Crippen molar-refractivity contribution in [1.82, 2.24) is 19.7 Å². The van der Waals surface area contributed by atoms with Crippen molar-refractivity contribution in [3.05, 3.63) is 72.6 Å². The number of nitrogens with one attached hydrogen (secondary N) is 3. The van der Waals surface area contributed by atoms with Crippen LogP contribution in [0.2, 0.25) is 0 Å². The molecule has 184 valence electrons. The molecule has 3 N–H and O–H groups in total. The lowest BCUT2D eigenvalue weighted by Gasteiger charge is -2.14. The summed E-state index contributed by atoms with van der Waals surface area (Å²) in [4.78, 5) is 47.7. The molecule has 36 heavy (non-hydrogen) atoms. The fourth-order valence-corrected chi connectivity index (χ4v) is 4.26. The number of amides is 2. The van der Waals surface area contributed by atoms with Gasteiger partial charge in [0.25, 0.3) is 15.9 Å². The number of hydrogen-bond acceptors (Lipinski definition) is 8. The Bertz CT molecular complexity index is 1550. The van der Waals surface area contributed by atoms with Crippen molar-refractivity contribution < 1.29 is 27.5 Å². The monoisotopic (exact) mass is 507 g/mol. The third kappa shape index (κ3) is 5.55. The largest absolute Gasteiger partial charge is 0.449 e. The van der Waals surface area contributed by atoms with Crippen LogP contribution < -0.4 is 10.0 Å². The molecule has 11 nitrogen and oxygen atoms in total. The molecular weight excluding hydrogens is 486 g/mol. The first-order valence-corrected chi connectivity index (χ1v) is 12.2. The average molecular weight is 508 g/mol. The maximum absolute atomic E-state index is 12.6. The van der Waals surface area contributed by atoms with E-state index in [1.165, 1.54) is 31.2 Å². The summed E-state index contributed by atoms with van der Waals surface area (Å²) in [6.07, 6.45) is 2.19. The number of H-pyrrole nitrogens is 1. The molecule has 0 spiro atoms. The Morgan fingerprint density at radius 1 is 1.06 bits per heavy atom. The van der Waals surface area contributed by atoms with Gasteiger partial charge in [-0.25, -0.2) is 22.9 Å². The van der Waals surface area contributed by atoms with Crippen LogP contribution >= 0.6 is 0 Å². The summed E-state index contributed by atoms with van der Waals surface area (Å²) < 4.78 is 31.2. The first-order valence-electron chi connectivity index (χ1n) is 10.7. The van der Waals surface area contributed by atoms with Gasteiger partial charge in [-0.15, -0.1) is 0 Å². The Morgan fingerprint density at radius 3 is 2.47 bits per heavy atom. The van der Waals surface area contributed by atoms with Gasteiger partial charge >= 0.3 is 5.97 Å². The number of imidazole rings is 1. The van der Waals surface area contributed by atoms with Crippen LogP contribution in [0.5, 0.6) is 0 Å². The second kappa shape index (κ2) is 9.96. The van der Waals surface area contributed by atoms with Crippen LogP contribution in [0.4, 0.5) is 5.69 Å². The molecule has 0 saturated heterocycles. The number of aromatic nitrogens is 3. The van der Waals surface area contributed by atoms with E-state index in [4.69, 9.17) is 4.74 Å². The number of carbonyl (C=O) groups excluding carboxylic acids is 3. The number of pyridine rings is 1. The van der Waals surface area contributed by atoms with E-state index in [1.54, 1.807) is 36.7 Å². The number of anilines is 1. The van der Waals surface area contributed by atoms with Crippen LogP contribution in [0, 0.1) is 0 Å². The summed E-state index contributed by atoms with van der Waals surface area (Å²) >= 11 is 0. The molecule has 1 atom stereocenters. The predicted octanol–water partition coefficient (Wildman–Crippen LogP) is 2.63. The van der Waals surface area contributed by atoms with Crippen LogP contribution in [0.15, 0.2) is 71.9 Å². The van der Waals surface area contributed by atoms with Gasteiger partial charge in [-0.05, 0) is 61.5 Å². The number of esters is 1. The summed E-state index contributed by atoms with van der Waals surface area (Å²) in [6, 6.07) is 13.6.